The normalized spacial score (nSPS) is 26.9. The summed E-state index contributed by atoms with van der Waals surface area (Å²) in [5, 5.41) is 1.29. The lowest BCUT2D eigenvalue weighted by Crippen LogP contribution is -1.99. The highest BCUT2D eigenvalue weighted by atomic mass is 32.2. The molecule has 0 saturated heterocycles. The Hall–Kier alpha value is 0.0200. The van der Waals surface area contributed by atoms with Crippen LogP contribution in [-0.2, 0) is 0 Å². The molecule has 76 valence electrons. The predicted octanol–water partition coefficient (Wildman–Crippen LogP) is 3.88. The zero-order valence-electron chi connectivity index (χ0n) is 8.83. The van der Waals surface area contributed by atoms with Gasteiger partial charge in [0.25, 0.3) is 0 Å². The van der Waals surface area contributed by atoms with E-state index < -0.39 is 0 Å². The Balaban J connectivity index is 2.01. The van der Waals surface area contributed by atoms with Gasteiger partial charge in [0.15, 0.2) is 0 Å². The summed E-state index contributed by atoms with van der Waals surface area (Å²) in [5.74, 6) is 0. The van der Waals surface area contributed by atoms with Crippen LogP contribution in [0.4, 0.5) is 0 Å². The molecule has 0 amide bonds. The first-order valence-corrected chi connectivity index (χ1v) is 6.49. The van der Waals surface area contributed by atoms with Gasteiger partial charge in [-0.05, 0) is 12.8 Å². The minimum Gasteiger partial charge on any atom is -0.282 e. The summed E-state index contributed by atoms with van der Waals surface area (Å²) < 4.78 is 0. The van der Waals surface area contributed by atoms with Gasteiger partial charge in [0.05, 0.1) is 5.37 Å². The fraction of sp³-hybridized carbons (Fsp3) is 0.909. The zero-order chi connectivity index (χ0) is 9.52. The van der Waals surface area contributed by atoms with Crippen molar-refractivity contribution in [1.29, 1.82) is 0 Å². The topological polar surface area (TPSA) is 12.4 Å². The van der Waals surface area contributed by atoms with Gasteiger partial charge in [-0.2, -0.15) is 0 Å². The van der Waals surface area contributed by atoms with Gasteiger partial charge in [-0.25, -0.2) is 0 Å². The molecule has 0 bridgehead atoms. The van der Waals surface area contributed by atoms with Crippen LogP contribution in [0.5, 0.6) is 0 Å². The predicted molar refractivity (Wildman–Crippen MR) is 62.7 cm³/mol. The molecule has 0 aromatic carbocycles. The smallest absolute Gasteiger partial charge is 0.0954 e. The van der Waals surface area contributed by atoms with Gasteiger partial charge in [0, 0.05) is 11.5 Å². The molecule has 2 unspecified atom stereocenters. The molecule has 1 nitrogen and oxygen atoms in total. The van der Waals surface area contributed by atoms with Crippen LogP contribution >= 0.6 is 11.8 Å². The molecule has 0 saturated carbocycles. The van der Waals surface area contributed by atoms with Gasteiger partial charge in [-0.15, -0.1) is 11.8 Å². The molecule has 0 aromatic heterocycles. The summed E-state index contributed by atoms with van der Waals surface area (Å²) in [5.41, 5.74) is 0. The van der Waals surface area contributed by atoms with Crippen LogP contribution in [0.25, 0.3) is 0 Å². The first-order chi connectivity index (χ1) is 6.36. The fourth-order valence-electron chi connectivity index (χ4n) is 1.55. The van der Waals surface area contributed by atoms with E-state index in [2.05, 4.69) is 25.1 Å². The van der Waals surface area contributed by atoms with Crippen molar-refractivity contribution in [1.82, 2.24) is 0 Å². The van der Waals surface area contributed by atoms with Crippen molar-refractivity contribution in [3.8, 4) is 0 Å². The third-order valence-corrected chi connectivity index (χ3v) is 3.93. The summed E-state index contributed by atoms with van der Waals surface area (Å²) in [6.07, 6.45) is 10.1. The maximum atomic E-state index is 4.52. The molecule has 0 radical (unpaired) electrons. The first kappa shape index (κ1) is 11.1. The van der Waals surface area contributed by atoms with Crippen molar-refractivity contribution in [2.24, 2.45) is 4.99 Å². The molecule has 0 aromatic rings. The monoisotopic (exact) mass is 199 g/mol. The second-order valence-electron chi connectivity index (χ2n) is 3.68. The first-order valence-electron chi connectivity index (χ1n) is 5.55. The van der Waals surface area contributed by atoms with E-state index in [1.807, 2.05) is 11.8 Å². The lowest BCUT2D eigenvalue weighted by molar-refractivity contribution is 0.627. The Labute approximate surface area is 86.4 Å². The van der Waals surface area contributed by atoms with E-state index in [9.17, 15) is 0 Å². The van der Waals surface area contributed by atoms with Gasteiger partial charge in [-0.1, -0.05) is 39.5 Å². The van der Waals surface area contributed by atoms with Gasteiger partial charge in [0.2, 0.25) is 0 Å². The second-order valence-corrected chi connectivity index (χ2v) is 5.11. The third kappa shape index (κ3) is 4.17. The van der Waals surface area contributed by atoms with E-state index in [-0.39, 0.29) is 0 Å². The SMILES string of the molecule is CCCCCCC1N=CC(CC)S1. The number of hydrogen-bond donors (Lipinski definition) is 0. The average molecular weight is 199 g/mol. The molecule has 1 aliphatic rings. The highest BCUT2D eigenvalue weighted by Gasteiger charge is 2.18. The standard InChI is InChI=1S/C11H21NS/c1-3-5-6-7-8-11-12-9-10(4-2)13-11/h9-11H,3-8H2,1-2H3. The van der Waals surface area contributed by atoms with Crippen molar-refractivity contribution < 1.29 is 0 Å². The van der Waals surface area contributed by atoms with Crippen LogP contribution < -0.4 is 0 Å². The van der Waals surface area contributed by atoms with Crippen LogP contribution in [-0.4, -0.2) is 16.8 Å². The highest BCUT2D eigenvalue weighted by molar-refractivity contribution is 8.01. The molecule has 0 spiro atoms. The lowest BCUT2D eigenvalue weighted by Gasteiger charge is -2.07. The Morgan fingerprint density at radius 3 is 2.69 bits per heavy atom. The van der Waals surface area contributed by atoms with Crippen LogP contribution in [0, 0.1) is 0 Å². The summed E-state index contributed by atoms with van der Waals surface area (Å²) >= 11 is 2.05. The van der Waals surface area contributed by atoms with E-state index in [0.717, 1.165) is 0 Å². The Kier molecular flexibility index (Phi) is 5.52. The van der Waals surface area contributed by atoms with E-state index in [1.54, 1.807) is 0 Å². The molecule has 1 aliphatic heterocycles. The molecule has 0 aliphatic carbocycles. The van der Waals surface area contributed by atoms with Crippen molar-refractivity contribution in [3.05, 3.63) is 0 Å². The van der Waals surface area contributed by atoms with Gasteiger partial charge in [-0.3, -0.25) is 4.99 Å². The van der Waals surface area contributed by atoms with Crippen molar-refractivity contribution in [3.63, 3.8) is 0 Å². The number of rotatable bonds is 6. The van der Waals surface area contributed by atoms with Crippen molar-refractivity contribution in [2.45, 2.75) is 63.0 Å². The second kappa shape index (κ2) is 6.47. The van der Waals surface area contributed by atoms with E-state index in [4.69, 9.17) is 0 Å². The molecule has 1 rings (SSSR count). The largest absolute Gasteiger partial charge is 0.282 e. The Bertz CT molecular complexity index is 156. The van der Waals surface area contributed by atoms with Crippen LogP contribution in [0.15, 0.2) is 4.99 Å². The number of hydrogen-bond acceptors (Lipinski definition) is 2. The maximum Gasteiger partial charge on any atom is 0.0954 e. The number of nitrogens with zero attached hydrogens (tertiary/aromatic N) is 1. The number of aliphatic imine (C=N–C) groups is 1. The van der Waals surface area contributed by atoms with Gasteiger partial charge in [0.1, 0.15) is 0 Å². The van der Waals surface area contributed by atoms with Crippen LogP contribution in [0.1, 0.15) is 52.4 Å². The molecule has 13 heavy (non-hydrogen) atoms. The van der Waals surface area contributed by atoms with Crippen molar-refractivity contribution in [2.75, 3.05) is 0 Å². The fourth-order valence-corrected chi connectivity index (χ4v) is 2.73. The van der Waals surface area contributed by atoms with E-state index >= 15 is 0 Å². The Morgan fingerprint density at radius 2 is 2.08 bits per heavy atom. The lowest BCUT2D eigenvalue weighted by atomic mass is 10.1. The van der Waals surface area contributed by atoms with Crippen molar-refractivity contribution >= 4 is 18.0 Å². The molecule has 0 fully saturated rings. The highest BCUT2D eigenvalue weighted by Crippen LogP contribution is 2.29. The average Bonchev–Trinajstić information content (AvgIpc) is 2.60. The molecule has 2 atom stereocenters. The molecule has 1 heterocycles. The van der Waals surface area contributed by atoms with Gasteiger partial charge >= 0.3 is 0 Å². The summed E-state index contributed by atoms with van der Waals surface area (Å²) in [4.78, 5) is 4.52. The molecule has 0 N–H and O–H groups in total. The minimum absolute atomic E-state index is 0.585. The third-order valence-electron chi connectivity index (χ3n) is 2.46. The summed E-state index contributed by atoms with van der Waals surface area (Å²) in [6.45, 7) is 4.50. The Morgan fingerprint density at radius 1 is 1.23 bits per heavy atom. The summed E-state index contributed by atoms with van der Waals surface area (Å²) in [7, 11) is 0. The number of unbranched alkanes of at least 4 members (excludes halogenated alkanes) is 3. The van der Waals surface area contributed by atoms with E-state index in [0.29, 0.717) is 10.6 Å². The van der Waals surface area contributed by atoms with E-state index in [1.165, 1.54) is 38.5 Å². The maximum absolute atomic E-state index is 4.52. The minimum atomic E-state index is 0.585. The molecular formula is C11H21NS. The quantitative estimate of drug-likeness (QED) is 0.591. The number of thioether (sulfide) groups is 1. The molecular weight excluding hydrogens is 178 g/mol. The van der Waals surface area contributed by atoms with Crippen LogP contribution in [0.2, 0.25) is 0 Å². The zero-order valence-corrected chi connectivity index (χ0v) is 9.65. The summed E-state index contributed by atoms with van der Waals surface area (Å²) in [6, 6.07) is 0. The van der Waals surface area contributed by atoms with Crippen LogP contribution in [0.3, 0.4) is 0 Å². The van der Waals surface area contributed by atoms with Gasteiger partial charge < -0.3 is 0 Å². The molecule has 2 heteroatoms.